The lowest BCUT2D eigenvalue weighted by Gasteiger charge is -2.32. The summed E-state index contributed by atoms with van der Waals surface area (Å²) in [7, 11) is 0. The fraction of sp³-hybridized carbons (Fsp3) is 0.533. The number of piperidine rings is 1. The van der Waals surface area contributed by atoms with Crippen LogP contribution in [0, 0.1) is 5.92 Å². The zero-order chi connectivity index (χ0) is 15.2. The molecule has 6 nitrogen and oxygen atoms in total. The van der Waals surface area contributed by atoms with E-state index >= 15 is 0 Å². The summed E-state index contributed by atoms with van der Waals surface area (Å²) in [5, 5.41) is 30.2. The van der Waals surface area contributed by atoms with Crippen LogP contribution in [0.3, 0.4) is 0 Å². The maximum atomic E-state index is 11.1. The van der Waals surface area contributed by atoms with Crippen molar-refractivity contribution in [3.8, 4) is 0 Å². The minimum atomic E-state index is -0.775. The van der Waals surface area contributed by atoms with Crippen LogP contribution in [0.5, 0.6) is 0 Å². The largest absolute Gasteiger partial charge is 0.481 e. The van der Waals surface area contributed by atoms with Gasteiger partial charge in [0.15, 0.2) is 0 Å². The normalized spacial score (nSPS) is 20.1. The minimum Gasteiger partial charge on any atom is -0.481 e. The summed E-state index contributed by atoms with van der Waals surface area (Å²) in [5.74, 6) is -1.02. The van der Waals surface area contributed by atoms with Crippen LogP contribution in [0.1, 0.15) is 12.8 Å². The number of carboxylic acids is 1. The summed E-state index contributed by atoms with van der Waals surface area (Å²) in [6.07, 6.45) is 0.854. The Labute approximate surface area is 124 Å². The summed E-state index contributed by atoms with van der Waals surface area (Å²) >= 11 is 0. The molecule has 0 amide bonds. The number of hydrogen-bond acceptors (Lipinski definition) is 5. The van der Waals surface area contributed by atoms with Crippen molar-refractivity contribution < 1.29 is 20.1 Å². The van der Waals surface area contributed by atoms with Crippen molar-refractivity contribution in [3.63, 3.8) is 0 Å². The third-order valence-corrected chi connectivity index (χ3v) is 3.76. The minimum absolute atomic E-state index is 0.268. The lowest BCUT2D eigenvalue weighted by molar-refractivity contribution is -0.141. The summed E-state index contributed by atoms with van der Waals surface area (Å²) in [6.45, 7) is 1.45. The molecule has 2 rings (SSSR count). The van der Waals surface area contributed by atoms with E-state index < -0.39 is 12.1 Å². The number of benzene rings is 1. The molecule has 116 valence electrons. The highest BCUT2D eigenvalue weighted by Crippen LogP contribution is 2.24. The van der Waals surface area contributed by atoms with Crippen LogP contribution in [-0.4, -0.2) is 53.6 Å². The van der Waals surface area contributed by atoms with Crippen molar-refractivity contribution in [1.29, 1.82) is 0 Å². The molecule has 1 aromatic carbocycles. The van der Waals surface area contributed by atoms with Crippen molar-refractivity contribution in [3.05, 3.63) is 24.3 Å². The van der Waals surface area contributed by atoms with Gasteiger partial charge in [-0.2, -0.15) is 0 Å². The molecule has 0 bridgehead atoms. The molecule has 1 aliphatic rings. The van der Waals surface area contributed by atoms with Crippen molar-refractivity contribution in [2.45, 2.75) is 18.9 Å². The van der Waals surface area contributed by atoms with E-state index in [2.05, 4.69) is 10.2 Å². The molecule has 6 heteroatoms. The van der Waals surface area contributed by atoms with Crippen LogP contribution < -0.4 is 10.2 Å². The Hall–Kier alpha value is -1.79. The fourth-order valence-corrected chi connectivity index (χ4v) is 2.50. The van der Waals surface area contributed by atoms with Crippen molar-refractivity contribution in [2.75, 3.05) is 36.5 Å². The van der Waals surface area contributed by atoms with Crippen molar-refractivity contribution >= 4 is 17.3 Å². The quantitative estimate of drug-likeness (QED) is 0.619. The maximum absolute atomic E-state index is 11.1. The molecule has 1 aromatic rings. The second-order valence-electron chi connectivity index (χ2n) is 5.39. The molecular formula is C15H22N2O4. The fourth-order valence-electron chi connectivity index (χ4n) is 2.50. The zero-order valence-electron chi connectivity index (χ0n) is 11.9. The summed E-state index contributed by atoms with van der Waals surface area (Å²) in [6, 6.07) is 7.67. The lowest BCUT2D eigenvalue weighted by atomic mass is 9.98. The van der Waals surface area contributed by atoms with Gasteiger partial charge in [-0.25, -0.2) is 0 Å². The van der Waals surface area contributed by atoms with Gasteiger partial charge < -0.3 is 25.5 Å². The molecule has 0 aliphatic carbocycles. The van der Waals surface area contributed by atoms with Gasteiger partial charge in [-0.3, -0.25) is 4.79 Å². The van der Waals surface area contributed by atoms with Crippen LogP contribution in [0.25, 0.3) is 0 Å². The highest BCUT2D eigenvalue weighted by Gasteiger charge is 2.25. The zero-order valence-corrected chi connectivity index (χ0v) is 11.9. The van der Waals surface area contributed by atoms with Gasteiger partial charge >= 0.3 is 5.97 Å². The predicted octanol–water partition coefficient (Wildman–Crippen LogP) is 0.753. The number of anilines is 2. The highest BCUT2D eigenvalue weighted by atomic mass is 16.4. The molecular weight excluding hydrogens is 272 g/mol. The van der Waals surface area contributed by atoms with Crippen LogP contribution >= 0.6 is 0 Å². The Balaban J connectivity index is 1.93. The molecule has 2 unspecified atom stereocenters. The van der Waals surface area contributed by atoms with Gasteiger partial charge in [0, 0.05) is 31.0 Å². The number of rotatable bonds is 6. The number of carboxylic acid groups (broad SMARTS) is 1. The third kappa shape index (κ3) is 4.34. The first-order valence-electron chi connectivity index (χ1n) is 7.20. The molecule has 1 saturated heterocycles. The van der Waals surface area contributed by atoms with Crippen LogP contribution in [0.2, 0.25) is 0 Å². The predicted molar refractivity (Wildman–Crippen MR) is 80.6 cm³/mol. The number of carbonyl (C=O) groups is 1. The average Bonchev–Trinajstić information content (AvgIpc) is 2.53. The molecule has 0 radical (unpaired) electrons. The van der Waals surface area contributed by atoms with E-state index in [0.717, 1.165) is 30.8 Å². The Morgan fingerprint density at radius 2 is 2.10 bits per heavy atom. The van der Waals surface area contributed by atoms with Gasteiger partial charge in [-0.05, 0) is 37.1 Å². The first kappa shape index (κ1) is 15.6. The Morgan fingerprint density at radius 3 is 2.71 bits per heavy atom. The van der Waals surface area contributed by atoms with E-state index in [1.165, 1.54) is 0 Å². The Kier molecular flexibility index (Phi) is 5.41. The van der Waals surface area contributed by atoms with E-state index in [-0.39, 0.29) is 12.5 Å². The van der Waals surface area contributed by atoms with Gasteiger partial charge in [0.25, 0.3) is 0 Å². The van der Waals surface area contributed by atoms with E-state index in [1.807, 2.05) is 24.3 Å². The number of nitrogens with one attached hydrogen (secondary N) is 1. The molecule has 2 atom stereocenters. The molecule has 1 aliphatic heterocycles. The van der Waals surface area contributed by atoms with Gasteiger partial charge in [0.2, 0.25) is 0 Å². The Bertz CT molecular complexity index is 463. The average molecular weight is 294 g/mol. The van der Waals surface area contributed by atoms with E-state index in [9.17, 15) is 9.90 Å². The van der Waals surface area contributed by atoms with Crippen molar-refractivity contribution in [2.24, 2.45) is 5.92 Å². The molecule has 0 spiro atoms. The van der Waals surface area contributed by atoms with Crippen LogP contribution in [0.4, 0.5) is 11.4 Å². The van der Waals surface area contributed by atoms with Gasteiger partial charge in [0.05, 0.1) is 18.6 Å². The molecule has 0 saturated carbocycles. The summed E-state index contributed by atoms with van der Waals surface area (Å²) in [5.41, 5.74) is 1.87. The highest BCUT2D eigenvalue weighted by molar-refractivity contribution is 5.71. The van der Waals surface area contributed by atoms with Gasteiger partial charge in [0.1, 0.15) is 0 Å². The smallest absolute Gasteiger partial charge is 0.308 e. The number of nitrogens with zero attached hydrogens (tertiary/aromatic N) is 1. The molecule has 0 aromatic heterocycles. The van der Waals surface area contributed by atoms with Crippen LogP contribution in [0.15, 0.2) is 24.3 Å². The topological polar surface area (TPSA) is 93.0 Å². The molecule has 1 heterocycles. The van der Waals surface area contributed by atoms with Crippen LogP contribution in [-0.2, 0) is 4.79 Å². The summed E-state index contributed by atoms with van der Waals surface area (Å²) < 4.78 is 0. The number of aliphatic hydroxyl groups excluding tert-OH is 2. The first-order valence-corrected chi connectivity index (χ1v) is 7.20. The van der Waals surface area contributed by atoms with Crippen molar-refractivity contribution in [1.82, 2.24) is 0 Å². The first-order chi connectivity index (χ1) is 10.1. The SMILES string of the molecule is O=C(O)C1CCCN(c2ccc(NCC(O)CO)cc2)C1. The maximum Gasteiger partial charge on any atom is 0.308 e. The number of aliphatic carboxylic acids is 1. The number of aliphatic hydroxyl groups is 2. The van der Waals surface area contributed by atoms with Gasteiger partial charge in [-0.15, -0.1) is 0 Å². The second kappa shape index (κ2) is 7.28. The second-order valence-corrected chi connectivity index (χ2v) is 5.39. The number of hydrogen-bond donors (Lipinski definition) is 4. The third-order valence-electron chi connectivity index (χ3n) is 3.76. The standard InChI is InChI=1S/C15H22N2O4/c18-10-14(19)8-16-12-3-5-13(6-4-12)17-7-1-2-11(9-17)15(20)21/h3-6,11,14,16,18-19H,1-2,7-10H2,(H,20,21). The lowest BCUT2D eigenvalue weighted by Crippen LogP contribution is -2.38. The molecule has 21 heavy (non-hydrogen) atoms. The van der Waals surface area contributed by atoms with Gasteiger partial charge in [-0.1, -0.05) is 0 Å². The van der Waals surface area contributed by atoms with E-state index in [1.54, 1.807) is 0 Å². The summed E-state index contributed by atoms with van der Waals surface area (Å²) in [4.78, 5) is 13.2. The molecule has 4 N–H and O–H groups in total. The Morgan fingerprint density at radius 1 is 1.38 bits per heavy atom. The molecule has 1 fully saturated rings. The van der Waals surface area contributed by atoms with E-state index in [4.69, 9.17) is 10.2 Å². The van der Waals surface area contributed by atoms with E-state index in [0.29, 0.717) is 13.1 Å². The monoisotopic (exact) mass is 294 g/mol.